The average Bonchev–Trinajstić information content (AvgIpc) is 3.19. The van der Waals surface area contributed by atoms with Gasteiger partial charge in [0.05, 0.1) is 6.42 Å². The molecule has 5 fully saturated rings. The Labute approximate surface area is 176 Å². The van der Waals surface area contributed by atoms with Gasteiger partial charge in [0.25, 0.3) is 0 Å². The second kappa shape index (κ2) is 7.45. The van der Waals surface area contributed by atoms with Crippen molar-refractivity contribution < 1.29 is 4.79 Å². The maximum absolute atomic E-state index is 12.6. The third kappa shape index (κ3) is 3.43. The van der Waals surface area contributed by atoms with E-state index in [1.165, 1.54) is 38.5 Å². The quantitative estimate of drug-likeness (QED) is 0.685. The summed E-state index contributed by atoms with van der Waals surface area (Å²) in [5.74, 6) is 4.98. The summed E-state index contributed by atoms with van der Waals surface area (Å²) in [6.07, 6.45) is 13.1. The molecule has 2 heterocycles. The lowest BCUT2D eigenvalue weighted by atomic mass is 9.54. The number of nitrogens with zero attached hydrogens (tertiary/aromatic N) is 3. The SMILES string of the molecule is O=C(Cc1nc(-c2ccncc2)n[nH]1)N[C@H]1CC[C@H]1NC1C2CC3CC(C2)CC1C3. The van der Waals surface area contributed by atoms with Gasteiger partial charge in [-0.1, -0.05) is 0 Å². The molecule has 2 atom stereocenters. The van der Waals surface area contributed by atoms with Crippen LogP contribution in [0, 0.1) is 23.7 Å². The number of rotatable bonds is 6. The third-order valence-corrected chi connectivity index (χ3v) is 8.05. The van der Waals surface area contributed by atoms with E-state index in [0.717, 1.165) is 35.7 Å². The Bertz CT molecular complexity index is 883. The van der Waals surface area contributed by atoms with Gasteiger partial charge in [0.1, 0.15) is 5.82 Å². The predicted molar refractivity (Wildman–Crippen MR) is 112 cm³/mol. The first-order valence-corrected chi connectivity index (χ1v) is 11.6. The van der Waals surface area contributed by atoms with E-state index in [4.69, 9.17) is 0 Å². The fourth-order valence-corrected chi connectivity index (χ4v) is 6.73. The highest BCUT2D eigenvalue weighted by Gasteiger charge is 2.49. The standard InChI is InChI=1S/C23H30N6O/c30-21(12-20-27-23(29-28-20)15-3-5-24-6-4-15)25-18-1-2-19(18)26-22-16-8-13-7-14(10-16)11-17(22)9-13/h3-6,13-14,16-19,22,26H,1-2,7-12H2,(H,25,30)(H,27,28,29)/t13?,14?,16?,17?,18-,19+,22?/m0/s1. The predicted octanol–water partition coefficient (Wildman–Crippen LogP) is 2.47. The Morgan fingerprint density at radius 2 is 1.70 bits per heavy atom. The topological polar surface area (TPSA) is 95.6 Å². The van der Waals surface area contributed by atoms with Gasteiger partial charge in [-0.05, 0) is 80.8 Å². The van der Waals surface area contributed by atoms with Crippen molar-refractivity contribution in [3.63, 3.8) is 0 Å². The maximum atomic E-state index is 12.6. The van der Waals surface area contributed by atoms with Gasteiger partial charge in [-0.25, -0.2) is 4.98 Å². The number of aromatic amines is 1. The zero-order valence-electron chi connectivity index (χ0n) is 17.3. The molecule has 0 spiro atoms. The molecule has 0 aromatic carbocycles. The summed E-state index contributed by atoms with van der Waals surface area (Å²) in [5.41, 5.74) is 0.895. The van der Waals surface area contributed by atoms with Crippen molar-refractivity contribution in [1.82, 2.24) is 30.8 Å². The zero-order valence-corrected chi connectivity index (χ0v) is 17.3. The summed E-state index contributed by atoms with van der Waals surface area (Å²) < 4.78 is 0. The van der Waals surface area contributed by atoms with Crippen molar-refractivity contribution in [3.05, 3.63) is 30.4 Å². The molecule has 0 saturated heterocycles. The Morgan fingerprint density at radius 3 is 2.37 bits per heavy atom. The molecule has 7 nitrogen and oxygen atoms in total. The van der Waals surface area contributed by atoms with E-state index in [2.05, 4.69) is 30.8 Å². The van der Waals surface area contributed by atoms with Crippen LogP contribution in [0.25, 0.3) is 11.4 Å². The largest absolute Gasteiger partial charge is 0.351 e. The summed E-state index contributed by atoms with van der Waals surface area (Å²) in [6, 6.07) is 5.08. The summed E-state index contributed by atoms with van der Waals surface area (Å²) in [6.45, 7) is 0. The third-order valence-electron chi connectivity index (χ3n) is 8.05. The Hall–Kier alpha value is -2.28. The van der Waals surface area contributed by atoms with E-state index >= 15 is 0 Å². The Balaban J connectivity index is 1.03. The zero-order chi connectivity index (χ0) is 20.1. The highest BCUT2D eigenvalue weighted by molar-refractivity contribution is 5.78. The molecule has 30 heavy (non-hydrogen) atoms. The summed E-state index contributed by atoms with van der Waals surface area (Å²) in [4.78, 5) is 21.1. The number of pyridine rings is 1. The molecule has 2 aromatic rings. The minimum Gasteiger partial charge on any atom is -0.351 e. The van der Waals surface area contributed by atoms with E-state index in [1.54, 1.807) is 12.4 Å². The lowest BCUT2D eigenvalue weighted by Gasteiger charge is -2.56. The van der Waals surface area contributed by atoms with Crippen LogP contribution in [0.4, 0.5) is 0 Å². The number of hydrogen-bond donors (Lipinski definition) is 3. The van der Waals surface area contributed by atoms with Crippen LogP contribution in [0.5, 0.6) is 0 Å². The second-order valence-electron chi connectivity index (χ2n) is 10.00. The molecule has 0 unspecified atom stereocenters. The number of aromatic nitrogens is 4. The van der Waals surface area contributed by atoms with Crippen LogP contribution in [0.15, 0.2) is 24.5 Å². The number of H-pyrrole nitrogens is 1. The molecule has 5 saturated carbocycles. The molecule has 5 aliphatic carbocycles. The number of carbonyl (C=O) groups excluding carboxylic acids is 1. The summed E-state index contributed by atoms with van der Waals surface area (Å²) in [7, 11) is 0. The molecule has 1 amide bonds. The van der Waals surface area contributed by atoms with Crippen molar-refractivity contribution in [3.8, 4) is 11.4 Å². The molecular weight excluding hydrogens is 376 g/mol. The van der Waals surface area contributed by atoms with E-state index in [9.17, 15) is 4.79 Å². The average molecular weight is 407 g/mol. The van der Waals surface area contributed by atoms with Crippen LogP contribution in [-0.2, 0) is 11.2 Å². The van der Waals surface area contributed by atoms with Crippen LogP contribution < -0.4 is 10.6 Å². The molecular formula is C23H30N6O. The van der Waals surface area contributed by atoms with E-state index in [-0.39, 0.29) is 18.4 Å². The van der Waals surface area contributed by atoms with Crippen LogP contribution in [-0.4, -0.2) is 44.2 Å². The van der Waals surface area contributed by atoms with Crippen molar-refractivity contribution in [2.24, 2.45) is 23.7 Å². The molecule has 3 N–H and O–H groups in total. The van der Waals surface area contributed by atoms with Gasteiger partial charge in [-0.2, -0.15) is 5.10 Å². The highest BCUT2D eigenvalue weighted by atomic mass is 16.1. The lowest BCUT2D eigenvalue weighted by molar-refractivity contribution is -0.122. The van der Waals surface area contributed by atoms with Gasteiger partial charge >= 0.3 is 0 Å². The molecule has 7 rings (SSSR count). The molecule has 2 aromatic heterocycles. The van der Waals surface area contributed by atoms with Gasteiger partial charge in [0.2, 0.25) is 5.91 Å². The van der Waals surface area contributed by atoms with Crippen molar-refractivity contribution in [2.45, 2.75) is 69.5 Å². The van der Waals surface area contributed by atoms with Crippen molar-refractivity contribution >= 4 is 5.91 Å². The first-order chi connectivity index (χ1) is 14.7. The van der Waals surface area contributed by atoms with E-state index in [1.807, 2.05) is 12.1 Å². The van der Waals surface area contributed by atoms with Gasteiger partial charge in [0.15, 0.2) is 5.82 Å². The van der Waals surface area contributed by atoms with Gasteiger partial charge in [0, 0.05) is 36.1 Å². The number of amides is 1. The van der Waals surface area contributed by atoms with E-state index in [0.29, 0.717) is 23.7 Å². The van der Waals surface area contributed by atoms with Gasteiger partial charge in [-0.3, -0.25) is 14.9 Å². The minimum atomic E-state index is 0.0222. The summed E-state index contributed by atoms with van der Waals surface area (Å²) in [5, 5.41) is 14.4. The fraction of sp³-hybridized carbons (Fsp3) is 0.652. The molecule has 158 valence electrons. The van der Waals surface area contributed by atoms with Gasteiger partial charge < -0.3 is 10.6 Å². The number of hydrogen-bond acceptors (Lipinski definition) is 5. The maximum Gasteiger partial charge on any atom is 0.227 e. The molecule has 5 aliphatic rings. The van der Waals surface area contributed by atoms with Crippen LogP contribution in [0.3, 0.4) is 0 Å². The lowest BCUT2D eigenvalue weighted by Crippen LogP contribution is -2.64. The van der Waals surface area contributed by atoms with E-state index < -0.39 is 0 Å². The first-order valence-electron chi connectivity index (χ1n) is 11.6. The molecule has 7 heteroatoms. The second-order valence-corrected chi connectivity index (χ2v) is 10.00. The molecule has 4 bridgehead atoms. The van der Waals surface area contributed by atoms with Crippen LogP contribution in [0.2, 0.25) is 0 Å². The Morgan fingerprint density at radius 1 is 1.00 bits per heavy atom. The molecule has 0 radical (unpaired) electrons. The first kappa shape index (κ1) is 18.5. The molecule has 0 aliphatic heterocycles. The van der Waals surface area contributed by atoms with Gasteiger partial charge in [-0.15, -0.1) is 0 Å². The fourth-order valence-electron chi connectivity index (χ4n) is 6.73. The van der Waals surface area contributed by atoms with Crippen molar-refractivity contribution in [1.29, 1.82) is 0 Å². The monoisotopic (exact) mass is 406 g/mol. The Kier molecular flexibility index (Phi) is 4.59. The normalized spacial score (nSPS) is 36.5. The minimum absolute atomic E-state index is 0.0222. The summed E-state index contributed by atoms with van der Waals surface area (Å²) >= 11 is 0. The van der Waals surface area contributed by atoms with Crippen LogP contribution in [0.1, 0.15) is 50.8 Å². The number of nitrogens with one attached hydrogen (secondary N) is 3. The van der Waals surface area contributed by atoms with Crippen molar-refractivity contribution in [2.75, 3.05) is 0 Å². The number of carbonyl (C=O) groups is 1. The van der Waals surface area contributed by atoms with Crippen LogP contribution >= 0.6 is 0 Å². The smallest absolute Gasteiger partial charge is 0.227 e. The highest BCUT2D eigenvalue weighted by Crippen LogP contribution is 2.54.